The minimum absolute atomic E-state index is 0.0222. The summed E-state index contributed by atoms with van der Waals surface area (Å²) in [6.45, 7) is 0. The van der Waals surface area contributed by atoms with Gasteiger partial charge < -0.3 is 20.3 Å². The molecule has 6 nitrogen and oxygen atoms in total. The van der Waals surface area contributed by atoms with E-state index < -0.39 is 0 Å². The van der Waals surface area contributed by atoms with Crippen LogP contribution in [0.1, 0.15) is 15.9 Å². The molecule has 22 heavy (non-hydrogen) atoms. The van der Waals surface area contributed by atoms with Crippen molar-refractivity contribution in [2.45, 2.75) is 0 Å². The van der Waals surface area contributed by atoms with E-state index in [1.165, 1.54) is 24.3 Å². The lowest BCUT2D eigenvalue weighted by molar-refractivity contribution is 0.106. The predicted molar refractivity (Wildman–Crippen MR) is 80.3 cm³/mol. The maximum absolute atomic E-state index is 12.5. The van der Waals surface area contributed by atoms with Crippen LogP contribution >= 0.6 is 0 Å². The number of H-pyrrole nitrogens is 1. The van der Waals surface area contributed by atoms with Crippen molar-refractivity contribution in [1.29, 1.82) is 0 Å². The third kappa shape index (κ3) is 1.61. The average molecular weight is 294 g/mol. The Kier molecular flexibility index (Phi) is 2.33. The Labute approximate surface area is 124 Å². The molecule has 4 N–H and O–H groups in total. The highest BCUT2D eigenvalue weighted by molar-refractivity contribution is 6.56. The number of rotatable bonds is 1. The Balaban J connectivity index is 1.96. The Bertz CT molecular complexity index is 985. The molecule has 0 aliphatic carbocycles. The zero-order chi connectivity index (χ0) is 15.4. The highest BCUT2D eigenvalue weighted by Gasteiger charge is 2.30. The molecule has 108 valence electrons. The zero-order valence-electron chi connectivity index (χ0n) is 11.2. The number of phenolic OH excluding ortho intramolecular Hbond substituents is 2. The van der Waals surface area contributed by atoms with Crippen molar-refractivity contribution >= 4 is 28.1 Å². The van der Waals surface area contributed by atoms with Gasteiger partial charge in [0, 0.05) is 10.9 Å². The number of nitrogens with zero attached hydrogens (tertiary/aromatic N) is 1. The van der Waals surface area contributed by atoms with Crippen LogP contribution in [-0.4, -0.2) is 31.8 Å². The van der Waals surface area contributed by atoms with E-state index in [0.717, 1.165) is 0 Å². The molecule has 0 fully saturated rings. The first-order valence-electron chi connectivity index (χ1n) is 6.55. The van der Waals surface area contributed by atoms with Gasteiger partial charge in [-0.15, -0.1) is 0 Å². The van der Waals surface area contributed by atoms with Crippen LogP contribution in [0.5, 0.6) is 17.4 Å². The molecule has 1 aromatic heterocycles. The monoisotopic (exact) mass is 294 g/mol. The number of carbonyl (C=O) groups is 1. The molecule has 1 aliphatic heterocycles. The number of aromatic hydroxyl groups is 3. The number of benzene rings is 2. The summed E-state index contributed by atoms with van der Waals surface area (Å²) in [5.41, 5.74) is 1.62. The lowest BCUT2D eigenvalue weighted by Gasteiger charge is -1.99. The van der Waals surface area contributed by atoms with Gasteiger partial charge in [0.2, 0.25) is 5.78 Å². The van der Waals surface area contributed by atoms with Gasteiger partial charge in [-0.05, 0) is 36.4 Å². The van der Waals surface area contributed by atoms with Crippen molar-refractivity contribution in [3.8, 4) is 17.4 Å². The van der Waals surface area contributed by atoms with Gasteiger partial charge in [-0.2, -0.15) is 0 Å². The van der Waals surface area contributed by atoms with Gasteiger partial charge in [0.25, 0.3) is 0 Å². The van der Waals surface area contributed by atoms with Crippen molar-refractivity contribution in [3.05, 3.63) is 47.5 Å². The number of hydrogen-bond acceptors (Lipinski definition) is 5. The van der Waals surface area contributed by atoms with E-state index in [1.807, 2.05) is 0 Å². The standard InChI is InChI=1S/C16H10N2O4/c19-7-1-3-11-9(5-7)13(16(22)18-11)14-15(21)10-6-8(20)2-4-12(10)17-14/h1-6,18-20,22H. The van der Waals surface area contributed by atoms with Crippen molar-refractivity contribution < 1.29 is 20.1 Å². The van der Waals surface area contributed by atoms with Gasteiger partial charge in [0.15, 0.2) is 5.88 Å². The second-order valence-corrected chi connectivity index (χ2v) is 5.07. The highest BCUT2D eigenvalue weighted by atomic mass is 16.3. The number of Topliss-reactive ketones (excluding diaryl/α,β-unsaturated/α-hetero) is 1. The van der Waals surface area contributed by atoms with Gasteiger partial charge in [-0.25, -0.2) is 4.99 Å². The smallest absolute Gasteiger partial charge is 0.214 e. The largest absolute Gasteiger partial charge is 0.508 e. The lowest BCUT2D eigenvalue weighted by Crippen LogP contribution is -2.10. The van der Waals surface area contributed by atoms with Gasteiger partial charge in [0.05, 0.1) is 16.8 Å². The molecule has 0 saturated heterocycles. The van der Waals surface area contributed by atoms with Crippen molar-refractivity contribution in [2.24, 2.45) is 4.99 Å². The van der Waals surface area contributed by atoms with E-state index >= 15 is 0 Å². The molecular weight excluding hydrogens is 284 g/mol. The van der Waals surface area contributed by atoms with Crippen LogP contribution in [0.15, 0.2) is 41.4 Å². The number of ketones is 1. The SMILES string of the molecule is O=C1C(c2c(O)[nH]c3ccc(O)cc23)=Nc2ccc(O)cc21. The average Bonchev–Trinajstić information content (AvgIpc) is 2.96. The van der Waals surface area contributed by atoms with Gasteiger partial charge in [0.1, 0.15) is 17.2 Å². The van der Waals surface area contributed by atoms with Crippen LogP contribution in [0.3, 0.4) is 0 Å². The number of hydrogen-bond donors (Lipinski definition) is 4. The number of aliphatic imine (C=N–C) groups is 1. The molecular formula is C16H10N2O4. The second-order valence-electron chi connectivity index (χ2n) is 5.07. The molecule has 0 spiro atoms. The molecule has 2 heterocycles. The Morgan fingerprint density at radius 2 is 1.68 bits per heavy atom. The topological polar surface area (TPSA) is 106 Å². The minimum atomic E-state index is -0.384. The fourth-order valence-electron chi connectivity index (χ4n) is 2.68. The van der Waals surface area contributed by atoms with E-state index in [0.29, 0.717) is 16.6 Å². The molecule has 3 aromatic rings. The summed E-state index contributed by atoms with van der Waals surface area (Å²) in [5, 5.41) is 29.8. The number of nitrogens with one attached hydrogen (secondary N) is 1. The number of aromatic nitrogens is 1. The fourth-order valence-corrected chi connectivity index (χ4v) is 2.68. The molecule has 2 aromatic carbocycles. The van der Waals surface area contributed by atoms with Crippen LogP contribution in [0.2, 0.25) is 0 Å². The van der Waals surface area contributed by atoms with Crippen molar-refractivity contribution in [2.75, 3.05) is 0 Å². The van der Waals surface area contributed by atoms with Crippen LogP contribution in [-0.2, 0) is 0 Å². The quantitative estimate of drug-likeness (QED) is 0.553. The van der Waals surface area contributed by atoms with Crippen LogP contribution < -0.4 is 0 Å². The molecule has 0 atom stereocenters. The Morgan fingerprint density at radius 3 is 2.50 bits per heavy atom. The van der Waals surface area contributed by atoms with Crippen LogP contribution in [0, 0.1) is 0 Å². The number of fused-ring (bicyclic) bond motifs is 2. The maximum atomic E-state index is 12.5. The van der Waals surface area contributed by atoms with E-state index in [-0.39, 0.29) is 40.0 Å². The maximum Gasteiger partial charge on any atom is 0.214 e. The first-order valence-corrected chi connectivity index (χ1v) is 6.55. The number of aromatic amines is 1. The third-order valence-corrected chi connectivity index (χ3v) is 3.67. The summed E-state index contributed by atoms with van der Waals surface area (Å²) in [5.74, 6) is -0.575. The van der Waals surface area contributed by atoms with Gasteiger partial charge in [-0.3, -0.25) is 4.79 Å². The molecule has 4 rings (SSSR count). The second kappa shape index (κ2) is 4.11. The molecule has 0 amide bonds. The van der Waals surface area contributed by atoms with E-state index in [2.05, 4.69) is 9.98 Å². The first-order chi connectivity index (χ1) is 10.5. The molecule has 0 bridgehead atoms. The van der Waals surface area contributed by atoms with Crippen LogP contribution in [0.25, 0.3) is 10.9 Å². The minimum Gasteiger partial charge on any atom is -0.508 e. The molecule has 0 saturated carbocycles. The first kappa shape index (κ1) is 12.5. The van der Waals surface area contributed by atoms with Crippen LogP contribution in [0.4, 0.5) is 5.69 Å². The van der Waals surface area contributed by atoms with Crippen molar-refractivity contribution in [3.63, 3.8) is 0 Å². The Morgan fingerprint density at radius 1 is 0.955 bits per heavy atom. The fraction of sp³-hybridized carbons (Fsp3) is 0. The molecule has 6 heteroatoms. The summed E-state index contributed by atoms with van der Waals surface area (Å²) < 4.78 is 0. The number of phenols is 2. The molecule has 1 aliphatic rings. The van der Waals surface area contributed by atoms with E-state index in [4.69, 9.17) is 0 Å². The highest BCUT2D eigenvalue weighted by Crippen LogP contribution is 2.37. The lowest BCUT2D eigenvalue weighted by atomic mass is 10.0. The summed E-state index contributed by atoms with van der Waals surface area (Å²) >= 11 is 0. The molecule has 0 radical (unpaired) electrons. The third-order valence-electron chi connectivity index (χ3n) is 3.67. The zero-order valence-corrected chi connectivity index (χ0v) is 11.2. The van der Waals surface area contributed by atoms with E-state index in [1.54, 1.807) is 12.1 Å². The van der Waals surface area contributed by atoms with Gasteiger partial charge in [-0.1, -0.05) is 0 Å². The predicted octanol–water partition coefficient (Wildman–Crippen LogP) is 2.60. The number of carbonyl (C=O) groups excluding carboxylic acids is 1. The summed E-state index contributed by atoms with van der Waals surface area (Å²) in [4.78, 5) is 19.5. The molecule has 0 unspecified atom stereocenters. The van der Waals surface area contributed by atoms with Crippen molar-refractivity contribution in [1.82, 2.24) is 4.98 Å². The van der Waals surface area contributed by atoms with E-state index in [9.17, 15) is 20.1 Å². The summed E-state index contributed by atoms with van der Waals surface area (Å²) in [6.07, 6.45) is 0. The van der Waals surface area contributed by atoms with Gasteiger partial charge >= 0.3 is 0 Å². The normalized spacial score (nSPS) is 13.5. The summed E-state index contributed by atoms with van der Waals surface area (Å²) in [7, 11) is 0. The summed E-state index contributed by atoms with van der Waals surface area (Å²) in [6, 6.07) is 8.87. The Hall–Kier alpha value is -3.28.